The van der Waals surface area contributed by atoms with Crippen molar-refractivity contribution in [2.45, 2.75) is 31.5 Å². The van der Waals surface area contributed by atoms with E-state index in [-0.39, 0.29) is 11.4 Å². The molecule has 37 heavy (non-hydrogen) atoms. The number of carbonyl (C=O) groups is 1. The molecule has 4 aromatic rings. The molecule has 1 amide bonds. The van der Waals surface area contributed by atoms with Gasteiger partial charge in [-0.25, -0.2) is 4.98 Å². The molecule has 3 aromatic carbocycles. The van der Waals surface area contributed by atoms with Gasteiger partial charge in [-0.2, -0.15) is 13.2 Å². The molecule has 188 valence electrons. The van der Waals surface area contributed by atoms with Crippen LogP contribution >= 0.6 is 0 Å². The fourth-order valence-electron chi connectivity index (χ4n) is 4.74. The number of benzene rings is 3. The van der Waals surface area contributed by atoms with Crippen molar-refractivity contribution < 1.29 is 22.7 Å². The minimum Gasteiger partial charge on any atom is -0.497 e. The number of ether oxygens (including phenoxy) is 1. The van der Waals surface area contributed by atoms with Gasteiger partial charge in [-0.3, -0.25) is 4.79 Å². The third-order valence-electron chi connectivity index (χ3n) is 6.77. The second-order valence-electron chi connectivity index (χ2n) is 9.18. The maximum absolute atomic E-state index is 13.8. The normalized spacial score (nSPS) is 17.5. The van der Waals surface area contributed by atoms with Crippen LogP contribution in [-0.4, -0.2) is 34.4 Å². The van der Waals surface area contributed by atoms with Gasteiger partial charge in [0.25, 0.3) is 5.91 Å². The number of likely N-dealkylation sites (tertiary alicyclic amines) is 1. The minimum absolute atomic E-state index is 0.202. The van der Waals surface area contributed by atoms with Crippen molar-refractivity contribution in [3.63, 3.8) is 0 Å². The predicted octanol–water partition coefficient (Wildman–Crippen LogP) is 6.14. The van der Waals surface area contributed by atoms with Crippen LogP contribution < -0.4 is 4.74 Å². The maximum Gasteiger partial charge on any atom is 0.416 e. The van der Waals surface area contributed by atoms with Crippen LogP contribution in [0.4, 0.5) is 13.2 Å². The summed E-state index contributed by atoms with van der Waals surface area (Å²) >= 11 is 0. The average Bonchev–Trinajstić information content (AvgIpc) is 3.51. The molecule has 5 nitrogen and oxygen atoms in total. The number of hydrogen-bond donors (Lipinski definition) is 1. The first kappa shape index (κ1) is 24.4. The van der Waals surface area contributed by atoms with Crippen LogP contribution in [0, 0.1) is 11.8 Å². The second-order valence-corrected chi connectivity index (χ2v) is 9.18. The summed E-state index contributed by atoms with van der Waals surface area (Å²) in [6.07, 6.45) is -3.08. The molecule has 1 unspecified atom stereocenters. The molecular formula is C29H24F3N3O2. The van der Waals surface area contributed by atoms with Crippen molar-refractivity contribution in [1.82, 2.24) is 14.9 Å². The van der Waals surface area contributed by atoms with Gasteiger partial charge in [-0.15, -0.1) is 0 Å². The molecule has 2 heterocycles. The Hall–Kier alpha value is -4.25. The molecule has 0 bridgehead atoms. The van der Waals surface area contributed by atoms with Gasteiger partial charge in [0.15, 0.2) is 0 Å². The molecule has 0 spiro atoms. The number of nitrogens with zero attached hydrogens (tertiary/aromatic N) is 2. The average molecular weight is 504 g/mol. The first-order valence-electron chi connectivity index (χ1n) is 11.8. The highest BCUT2D eigenvalue weighted by molar-refractivity contribution is 5.97. The highest BCUT2D eigenvalue weighted by Crippen LogP contribution is 2.40. The Morgan fingerprint density at radius 1 is 1.08 bits per heavy atom. The van der Waals surface area contributed by atoms with E-state index in [0.717, 1.165) is 24.1 Å². The Labute approximate surface area is 212 Å². The lowest BCUT2D eigenvalue weighted by atomic mass is 9.96. The van der Waals surface area contributed by atoms with Gasteiger partial charge in [0.05, 0.1) is 34.8 Å². The number of rotatable bonds is 3. The Morgan fingerprint density at radius 3 is 2.68 bits per heavy atom. The number of halogens is 3. The molecule has 5 rings (SSSR count). The molecule has 1 saturated heterocycles. The standard InChI is InChI=1S/C29H24F3N3O2/c1-28(27-33-24-14-13-21(29(30,31)32)18-25(24)34-27)15-6-16-35(28)26(36)23-10-4-3-8-20(23)12-11-19-7-5-9-22(17-19)37-2/h3-5,7-10,13-14,17-18H,6,15-16H2,1-2H3,(H,33,34). The van der Waals surface area contributed by atoms with Crippen molar-refractivity contribution in [2.75, 3.05) is 13.7 Å². The molecule has 1 aromatic heterocycles. The van der Waals surface area contributed by atoms with E-state index >= 15 is 0 Å². The van der Waals surface area contributed by atoms with Gasteiger partial charge in [-0.05, 0) is 68.3 Å². The van der Waals surface area contributed by atoms with E-state index in [2.05, 4.69) is 21.8 Å². The Morgan fingerprint density at radius 2 is 1.89 bits per heavy atom. The minimum atomic E-state index is -4.45. The summed E-state index contributed by atoms with van der Waals surface area (Å²) in [5, 5.41) is 0. The lowest BCUT2D eigenvalue weighted by Gasteiger charge is -2.34. The SMILES string of the molecule is COc1cccc(C#Cc2ccccc2C(=O)N2CCCC2(C)c2nc3ccc(C(F)(F)F)cc3[nH]2)c1. The summed E-state index contributed by atoms with van der Waals surface area (Å²) in [6, 6.07) is 17.9. The third kappa shape index (κ3) is 4.65. The number of alkyl halides is 3. The number of H-pyrrole nitrogens is 1. The summed E-state index contributed by atoms with van der Waals surface area (Å²) < 4.78 is 44.8. The first-order valence-corrected chi connectivity index (χ1v) is 11.8. The smallest absolute Gasteiger partial charge is 0.416 e. The highest BCUT2D eigenvalue weighted by Gasteiger charge is 2.44. The number of fused-ring (bicyclic) bond motifs is 1. The molecular weight excluding hydrogens is 479 g/mol. The van der Waals surface area contributed by atoms with Crippen molar-refractivity contribution in [2.24, 2.45) is 0 Å². The number of carbonyl (C=O) groups excluding carboxylic acids is 1. The van der Waals surface area contributed by atoms with E-state index in [1.54, 1.807) is 30.2 Å². The summed E-state index contributed by atoms with van der Waals surface area (Å²) in [6.45, 7) is 2.39. The Kier molecular flexibility index (Phi) is 6.16. The number of hydrogen-bond acceptors (Lipinski definition) is 3. The van der Waals surface area contributed by atoms with Gasteiger partial charge in [0, 0.05) is 17.7 Å². The molecule has 0 aliphatic carbocycles. The van der Waals surface area contributed by atoms with Crippen molar-refractivity contribution in [3.05, 3.63) is 94.8 Å². The van der Waals surface area contributed by atoms with E-state index in [1.807, 2.05) is 37.3 Å². The predicted molar refractivity (Wildman–Crippen MR) is 134 cm³/mol. The first-order chi connectivity index (χ1) is 17.7. The van der Waals surface area contributed by atoms with Gasteiger partial charge in [0.1, 0.15) is 11.6 Å². The lowest BCUT2D eigenvalue weighted by Crippen LogP contribution is -2.43. The van der Waals surface area contributed by atoms with Crippen LogP contribution in [0.1, 0.15) is 52.6 Å². The summed E-state index contributed by atoms with van der Waals surface area (Å²) in [5.41, 5.74) is 0.965. The maximum atomic E-state index is 13.8. The van der Waals surface area contributed by atoms with Crippen molar-refractivity contribution in [1.29, 1.82) is 0 Å². The fourth-order valence-corrected chi connectivity index (χ4v) is 4.74. The quantitative estimate of drug-likeness (QED) is 0.342. The summed E-state index contributed by atoms with van der Waals surface area (Å²) in [7, 11) is 1.59. The van der Waals surface area contributed by atoms with Crippen LogP contribution in [0.3, 0.4) is 0 Å². The van der Waals surface area contributed by atoms with Crippen LogP contribution in [0.25, 0.3) is 11.0 Å². The number of imidazole rings is 1. The van der Waals surface area contributed by atoms with Crippen LogP contribution in [0.2, 0.25) is 0 Å². The zero-order chi connectivity index (χ0) is 26.2. The highest BCUT2D eigenvalue weighted by atomic mass is 19.4. The number of methoxy groups -OCH3 is 1. The molecule has 0 radical (unpaired) electrons. The number of nitrogens with one attached hydrogen (secondary N) is 1. The second kappa shape index (κ2) is 9.32. The molecule has 1 fully saturated rings. The van der Waals surface area contributed by atoms with Crippen LogP contribution in [-0.2, 0) is 11.7 Å². The largest absolute Gasteiger partial charge is 0.497 e. The Bertz CT molecular complexity index is 1550. The van der Waals surface area contributed by atoms with Crippen LogP contribution in [0.5, 0.6) is 5.75 Å². The molecule has 1 aliphatic rings. The van der Waals surface area contributed by atoms with E-state index < -0.39 is 17.3 Å². The summed E-state index contributed by atoms with van der Waals surface area (Å²) in [5.74, 6) is 7.16. The topological polar surface area (TPSA) is 58.2 Å². The van der Waals surface area contributed by atoms with E-state index in [0.29, 0.717) is 41.2 Å². The molecule has 1 atom stereocenters. The Balaban J connectivity index is 1.48. The van der Waals surface area contributed by atoms with E-state index in [9.17, 15) is 18.0 Å². The number of aromatic nitrogens is 2. The monoisotopic (exact) mass is 503 g/mol. The van der Waals surface area contributed by atoms with E-state index in [1.165, 1.54) is 6.07 Å². The van der Waals surface area contributed by atoms with Crippen LogP contribution in [0.15, 0.2) is 66.7 Å². The molecule has 1 N–H and O–H groups in total. The van der Waals surface area contributed by atoms with Gasteiger partial charge < -0.3 is 14.6 Å². The third-order valence-corrected chi connectivity index (χ3v) is 6.77. The number of aromatic amines is 1. The lowest BCUT2D eigenvalue weighted by molar-refractivity contribution is -0.137. The zero-order valence-corrected chi connectivity index (χ0v) is 20.3. The van der Waals surface area contributed by atoms with Crippen molar-refractivity contribution in [3.8, 4) is 17.6 Å². The van der Waals surface area contributed by atoms with E-state index in [4.69, 9.17) is 4.74 Å². The van der Waals surface area contributed by atoms with Crippen molar-refractivity contribution >= 4 is 16.9 Å². The zero-order valence-electron chi connectivity index (χ0n) is 20.3. The molecule has 8 heteroatoms. The summed E-state index contributed by atoms with van der Waals surface area (Å²) in [4.78, 5) is 23.2. The number of amides is 1. The van der Waals surface area contributed by atoms with Gasteiger partial charge in [0.2, 0.25) is 0 Å². The van der Waals surface area contributed by atoms with Gasteiger partial charge in [-0.1, -0.05) is 30.0 Å². The fraction of sp³-hybridized carbons (Fsp3) is 0.241. The molecule has 1 aliphatic heterocycles. The van der Waals surface area contributed by atoms with Gasteiger partial charge >= 0.3 is 6.18 Å². The molecule has 0 saturated carbocycles.